The molecule has 0 aliphatic heterocycles. The molecule has 1 heterocycles. The lowest BCUT2D eigenvalue weighted by Gasteiger charge is -2.13. The van der Waals surface area contributed by atoms with E-state index in [4.69, 9.17) is 0 Å². The fourth-order valence-corrected chi connectivity index (χ4v) is 2.03. The fourth-order valence-electron chi connectivity index (χ4n) is 2.03. The van der Waals surface area contributed by atoms with Crippen LogP contribution in [0.4, 0.5) is 5.69 Å². The molecule has 0 radical (unpaired) electrons. The van der Waals surface area contributed by atoms with Gasteiger partial charge in [-0.05, 0) is 18.2 Å². The molecular weight excluding hydrogens is 274 g/mol. The van der Waals surface area contributed by atoms with E-state index in [9.17, 15) is 20.0 Å². The zero-order valence-corrected chi connectivity index (χ0v) is 11.4. The summed E-state index contributed by atoms with van der Waals surface area (Å²) in [5.74, 6) is -0.587. The lowest BCUT2D eigenvalue weighted by atomic mass is 10.1. The van der Waals surface area contributed by atoms with Crippen molar-refractivity contribution in [2.24, 2.45) is 7.05 Å². The Balaban J connectivity index is 2.06. The van der Waals surface area contributed by atoms with Crippen LogP contribution in [-0.4, -0.2) is 27.0 Å². The largest absolute Gasteiger partial charge is 0.385 e. The Hall–Kier alpha value is -2.67. The number of para-hydroxylation sites is 1. The number of amides is 1. The monoisotopic (exact) mass is 289 g/mol. The summed E-state index contributed by atoms with van der Waals surface area (Å²) in [7, 11) is 1.78. The number of nitrogens with zero attached hydrogens (tertiary/aromatic N) is 2. The molecule has 110 valence electrons. The topological polar surface area (TPSA) is 97.4 Å². The Labute approximate surface area is 121 Å². The van der Waals surface area contributed by atoms with Crippen molar-refractivity contribution in [3.63, 3.8) is 0 Å². The fraction of sp³-hybridized carbons (Fsp3) is 0.214. The van der Waals surface area contributed by atoms with E-state index in [1.807, 2.05) is 0 Å². The SMILES string of the molecule is Cn1cccc1C(O)CNC(=O)c1ccccc1[N+](=O)[O-]. The maximum atomic E-state index is 12.0. The number of hydrogen-bond donors (Lipinski definition) is 2. The van der Waals surface area contributed by atoms with Crippen molar-refractivity contribution in [3.05, 3.63) is 64.0 Å². The molecular formula is C14H15N3O4. The van der Waals surface area contributed by atoms with Crippen molar-refractivity contribution in [1.29, 1.82) is 0 Å². The van der Waals surface area contributed by atoms with Gasteiger partial charge in [-0.1, -0.05) is 12.1 Å². The lowest BCUT2D eigenvalue weighted by Crippen LogP contribution is -2.29. The van der Waals surface area contributed by atoms with Crippen molar-refractivity contribution in [3.8, 4) is 0 Å². The highest BCUT2D eigenvalue weighted by atomic mass is 16.6. The molecule has 0 spiro atoms. The van der Waals surface area contributed by atoms with Gasteiger partial charge in [-0.3, -0.25) is 14.9 Å². The van der Waals surface area contributed by atoms with Gasteiger partial charge in [0.05, 0.1) is 4.92 Å². The van der Waals surface area contributed by atoms with Crippen LogP contribution in [0.2, 0.25) is 0 Å². The van der Waals surface area contributed by atoms with Crippen molar-refractivity contribution in [2.45, 2.75) is 6.10 Å². The number of aliphatic hydroxyl groups excluding tert-OH is 1. The molecule has 0 aliphatic carbocycles. The van der Waals surface area contributed by atoms with Gasteiger partial charge in [0.25, 0.3) is 11.6 Å². The lowest BCUT2D eigenvalue weighted by molar-refractivity contribution is -0.385. The number of hydrogen-bond acceptors (Lipinski definition) is 4. The number of nitro benzene ring substituents is 1. The Morgan fingerprint density at radius 3 is 2.71 bits per heavy atom. The van der Waals surface area contributed by atoms with Gasteiger partial charge in [0.15, 0.2) is 0 Å². The number of aromatic nitrogens is 1. The average Bonchev–Trinajstić information content (AvgIpc) is 2.90. The van der Waals surface area contributed by atoms with Gasteiger partial charge in [-0.15, -0.1) is 0 Å². The molecule has 1 unspecified atom stereocenters. The number of carbonyl (C=O) groups is 1. The number of carbonyl (C=O) groups excluding carboxylic acids is 1. The molecule has 7 nitrogen and oxygen atoms in total. The third-order valence-corrected chi connectivity index (χ3v) is 3.13. The van der Waals surface area contributed by atoms with Gasteiger partial charge < -0.3 is 15.0 Å². The molecule has 1 amide bonds. The Bertz CT molecular complexity index is 666. The predicted molar refractivity (Wildman–Crippen MR) is 75.8 cm³/mol. The first-order valence-electron chi connectivity index (χ1n) is 6.31. The van der Waals surface area contributed by atoms with Crippen LogP contribution < -0.4 is 5.32 Å². The predicted octanol–water partition coefficient (Wildman–Crippen LogP) is 1.40. The van der Waals surface area contributed by atoms with Gasteiger partial charge in [-0.25, -0.2) is 0 Å². The number of nitro groups is 1. The summed E-state index contributed by atoms with van der Waals surface area (Å²) < 4.78 is 1.74. The summed E-state index contributed by atoms with van der Waals surface area (Å²) in [4.78, 5) is 22.3. The molecule has 21 heavy (non-hydrogen) atoms. The van der Waals surface area contributed by atoms with Crippen molar-refractivity contribution < 1.29 is 14.8 Å². The first-order chi connectivity index (χ1) is 10.0. The number of rotatable bonds is 5. The van der Waals surface area contributed by atoms with E-state index in [1.54, 1.807) is 36.0 Å². The average molecular weight is 289 g/mol. The maximum Gasteiger partial charge on any atom is 0.282 e. The molecule has 2 N–H and O–H groups in total. The summed E-state index contributed by atoms with van der Waals surface area (Å²) in [5, 5.41) is 23.4. The third kappa shape index (κ3) is 3.26. The van der Waals surface area contributed by atoms with Crippen LogP contribution >= 0.6 is 0 Å². The minimum Gasteiger partial charge on any atom is -0.385 e. The van der Waals surface area contributed by atoms with Crippen LogP contribution in [0.1, 0.15) is 22.2 Å². The summed E-state index contributed by atoms with van der Waals surface area (Å²) in [5.41, 5.74) is 0.364. The molecule has 1 aromatic carbocycles. The summed E-state index contributed by atoms with van der Waals surface area (Å²) in [6.45, 7) is -0.0251. The van der Waals surface area contributed by atoms with Crippen LogP contribution in [-0.2, 0) is 7.05 Å². The first-order valence-corrected chi connectivity index (χ1v) is 6.31. The molecule has 0 saturated heterocycles. The minimum atomic E-state index is -0.878. The normalized spacial score (nSPS) is 11.9. The van der Waals surface area contributed by atoms with Gasteiger partial charge in [0, 0.05) is 31.5 Å². The third-order valence-electron chi connectivity index (χ3n) is 3.13. The smallest absolute Gasteiger partial charge is 0.282 e. The van der Waals surface area contributed by atoms with Crippen molar-refractivity contribution >= 4 is 11.6 Å². The summed E-state index contributed by atoms with van der Waals surface area (Å²) in [6.07, 6.45) is 0.902. The second kappa shape index (κ2) is 6.19. The Morgan fingerprint density at radius 2 is 2.10 bits per heavy atom. The van der Waals surface area contributed by atoms with E-state index in [1.165, 1.54) is 18.2 Å². The molecule has 7 heteroatoms. The molecule has 2 rings (SSSR count). The van der Waals surface area contributed by atoms with E-state index < -0.39 is 16.9 Å². The standard InChI is InChI=1S/C14H15N3O4/c1-16-8-4-7-12(16)13(18)9-15-14(19)10-5-2-3-6-11(10)17(20)21/h2-8,13,18H,9H2,1H3,(H,15,19). The minimum absolute atomic E-state index is 0.0251. The molecule has 0 saturated carbocycles. The van der Waals surface area contributed by atoms with Gasteiger partial charge in [0.1, 0.15) is 11.7 Å². The Kier molecular flexibility index (Phi) is 4.34. The van der Waals surface area contributed by atoms with Gasteiger partial charge >= 0.3 is 0 Å². The highest BCUT2D eigenvalue weighted by Crippen LogP contribution is 2.18. The van der Waals surface area contributed by atoms with Crippen LogP contribution in [0.5, 0.6) is 0 Å². The molecule has 1 atom stereocenters. The highest BCUT2D eigenvalue weighted by Gasteiger charge is 2.20. The van der Waals surface area contributed by atoms with Crippen LogP contribution in [0.3, 0.4) is 0 Å². The molecule has 0 aliphatic rings. The van der Waals surface area contributed by atoms with E-state index in [-0.39, 0.29) is 17.8 Å². The van der Waals surface area contributed by atoms with Crippen molar-refractivity contribution in [2.75, 3.05) is 6.54 Å². The highest BCUT2D eigenvalue weighted by molar-refractivity contribution is 5.98. The maximum absolute atomic E-state index is 12.0. The van der Waals surface area contributed by atoms with Crippen LogP contribution in [0.25, 0.3) is 0 Å². The first kappa shape index (κ1) is 14.7. The molecule has 2 aromatic rings. The zero-order chi connectivity index (χ0) is 15.4. The summed E-state index contributed by atoms with van der Waals surface area (Å²) >= 11 is 0. The summed E-state index contributed by atoms with van der Waals surface area (Å²) in [6, 6.07) is 9.21. The van der Waals surface area contributed by atoms with E-state index in [2.05, 4.69) is 5.32 Å². The molecule has 1 aromatic heterocycles. The Morgan fingerprint density at radius 1 is 1.38 bits per heavy atom. The van der Waals surface area contributed by atoms with E-state index in [0.29, 0.717) is 5.69 Å². The second-order valence-electron chi connectivity index (χ2n) is 4.54. The zero-order valence-electron chi connectivity index (χ0n) is 11.4. The van der Waals surface area contributed by atoms with Gasteiger partial charge in [-0.2, -0.15) is 0 Å². The number of nitrogens with one attached hydrogen (secondary N) is 1. The number of aryl methyl sites for hydroxylation is 1. The quantitative estimate of drug-likeness (QED) is 0.642. The van der Waals surface area contributed by atoms with Crippen molar-refractivity contribution in [1.82, 2.24) is 9.88 Å². The number of aliphatic hydroxyl groups is 1. The van der Waals surface area contributed by atoms with E-state index >= 15 is 0 Å². The molecule has 0 bridgehead atoms. The van der Waals surface area contributed by atoms with Crippen LogP contribution in [0, 0.1) is 10.1 Å². The second-order valence-corrected chi connectivity index (χ2v) is 4.54. The van der Waals surface area contributed by atoms with Gasteiger partial charge in [0.2, 0.25) is 0 Å². The number of benzene rings is 1. The van der Waals surface area contributed by atoms with E-state index in [0.717, 1.165) is 0 Å². The molecule has 0 fully saturated rings. The van der Waals surface area contributed by atoms with Crippen LogP contribution in [0.15, 0.2) is 42.6 Å².